The topological polar surface area (TPSA) is 53.8 Å². The maximum atomic E-state index is 12.3. The normalized spacial score (nSPS) is 11.8. The molecule has 0 aliphatic carbocycles. The van der Waals surface area contributed by atoms with E-state index in [0.29, 0.717) is 16.5 Å². The average Bonchev–Trinajstić information content (AvgIpc) is 2.64. The third-order valence-corrected chi connectivity index (χ3v) is 5.59. The Morgan fingerprint density at radius 2 is 1.75 bits per heavy atom. The lowest BCUT2D eigenvalue weighted by Crippen LogP contribution is -2.41. The lowest BCUT2D eigenvalue weighted by Gasteiger charge is -2.02. The Morgan fingerprint density at radius 3 is 2.25 bits per heavy atom. The Balaban J connectivity index is 2.17. The molecule has 1 heterocycles. The number of hydrogen-bond donors (Lipinski definition) is 1. The van der Waals surface area contributed by atoms with Gasteiger partial charge in [0.1, 0.15) is 10.8 Å². The Morgan fingerprint density at radius 1 is 1.15 bits per heavy atom. The number of sulfone groups is 1. The smallest absolute Gasteiger partial charge is 0.223 e. The van der Waals surface area contributed by atoms with E-state index in [1.807, 2.05) is 20.8 Å². The predicted octanol–water partition coefficient (Wildman–Crippen LogP) is 2.35. The summed E-state index contributed by atoms with van der Waals surface area (Å²) in [4.78, 5) is 0.357. The van der Waals surface area contributed by atoms with Crippen LogP contribution in [0.25, 0.3) is 0 Å². The van der Waals surface area contributed by atoms with Crippen molar-refractivity contribution in [3.8, 4) is 0 Å². The molecule has 1 aromatic carbocycles. The van der Waals surface area contributed by atoms with Gasteiger partial charge in [-0.3, -0.25) is 0 Å². The highest BCUT2D eigenvalue weighted by atomic mass is 35.5. The van der Waals surface area contributed by atoms with Crippen LogP contribution in [0, 0.1) is 20.8 Å². The van der Waals surface area contributed by atoms with Crippen LogP contribution in [-0.4, -0.2) is 19.3 Å². The van der Waals surface area contributed by atoms with Crippen LogP contribution in [-0.2, 0) is 16.4 Å². The molecule has 108 valence electrons. The van der Waals surface area contributed by atoms with Crippen molar-refractivity contribution in [2.75, 3.05) is 5.75 Å². The monoisotopic (exact) mass is 313 g/mol. The van der Waals surface area contributed by atoms with Gasteiger partial charge in [0.2, 0.25) is 5.69 Å². The highest BCUT2D eigenvalue weighted by molar-refractivity contribution is 7.91. The van der Waals surface area contributed by atoms with Gasteiger partial charge in [-0.05, 0) is 26.0 Å². The third-order valence-electron chi connectivity index (χ3n) is 3.32. The van der Waals surface area contributed by atoms with E-state index in [9.17, 15) is 8.42 Å². The largest absolute Gasteiger partial charge is 0.223 e. The molecule has 0 amide bonds. The molecule has 1 N–H and O–H groups in total. The lowest BCUT2D eigenvalue weighted by molar-refractivity contribution is -0.751. The number of aromatic nitrogens is 2. The Kier molecular flexibility index (Phi) is 4.20. The number of H-pyrrole nitrogens is 1. The molecule has 0 aliphatic heterocycles. The molecule has 0 aliphatic rings. The standard InChI is InChI=1S/C14H17ClN2O2S/c1-10-4-6-13(7-5-10)20(18,19)9-8-17-12(3)14(15)11(2)16-17/h4-7H,8-9H2,1-3H3/p+1. The van der Waals surface area contributed by atoms with Crippen LogP contribution in [0.2, 0.25) is 5.02 Å². The zero-order chi connectivity index (χ0) is 14.9. The van der Waals surface area contributed by atoms with Crippen LogP contribution in [0.1, 0.15) is 17.0 Å². The van der Waals surface area contributed by atoms with E-state index in [-0.39, 0.29) is 5.75 Å². The number of halogens is 1. The Bertz CT molecular complexity index is 718. The summed E-state index contributed by atoms with van der Waals surface area (Å²) in [6.45, 7) is 6.01. The molecule has 0 unspecified atom stereocenters. The first-order chi connectivity index (χ1) is 9.31. The highest BCUT2D eigenvalue weighted by Crippen LogP contribution is 2.15. The molecule has 1 aromatic heterocycles. The molecular formula is C14H18ClN2O2S+. The van der Waals surface area contributed by atoms with Gasteiger partial charge in [0.05, 0.1) is 10.6 Å². The first kappa shape index (κ1) is 15.1. The summed E-state index contributed by atoms with van der Waals surface area (Å²) in [5.41, 5.74) is 2.74. The van der Waals surface area contributed by atoms with Crippen molar-refractivity contribution < 1.29 is 13.1 Å². The van der Waals surface area contributed by atoms with Gasteiger partial charge in [-0.1, -0.05) is 29.3 Å². The molecule has 0 radical (unpaired) electrons. The quantitative estimate of drug-likeness (QED) is 0.881. The molecule has 2 rings (SSSR count). The number of rotatable bonds is 4. The van der Waals surface area contributed by atoms with Crippen LogP contribution >= 0.6 is 11.6 Å². The van der Waals surface area contributed by atoms with Gasteiger partial charge >= 0.3 is 0 Å². The van der Waals surface area contributed by atoms with E-state index in [0.717, 1.165) is 17.0 Å². The number of benzene rings is 1. The molecule has 20 heavy (non-hydrogen) atoms. The molecule has 0 saturated heterocycles. The predicted molar refractivity (Wildman–Crippen MR) is 78.7 cm³/mol. The molecule has 0 atom stereocenters. The molecule has 0 saturated carbocycles. The highest BCUT2D eigenvalue weighted by Gasteiger charge is 2.21. The summed E-state index contributed by atoms with van der Waals surface area (Å²) in [6, 6.07) is 6.91. The fraction of sp³-hybridized carbons (Fsp3) is 0.357. The first-order valence-corrected chi connectivity index (χ1v) is 8.38. The first-order valence-electron chi connectivity index (χ1n) is 6.35. The minimum absolute atomic E-state index is 0.0395. The van der Waals surface area contributed by atoms with Crippen molar-refractivity contribution in [1.82, 2.24) is 5.10 Å². The van der Waals surface area contributed by atoms with Crippen molar-refractivity contribution >= 4 is 21.4 Å². The van der Waals surface area contributed by atoms with Gasteiger partial charge in [0, 0.05) is 6.92 Å². The van der Waals surface area contributed by atoms with Crippen LogP contribution < -0.4 is 4.68 Å². The van der Waals surface area contributed by atoms with Gasteiger partial charge in [0.15, 0.2) is 16.4 Å². The minimum atomic E-state index is -3.28. The van der Waals surface area contributed by atoms with Crippen molar-refractivity contribution in [2.24, 2.45) is 0 Å². The summed E-state index contributed by atoms with van der Waals surface area (Å²) in [5.74, 6) is 0.0395. The third kappa shape index (κ3) is 3.04. The molecule has 6 heteroatoms. The van der Waals surface area contributed by atoms with Gasteiger partial charge in [-0.25, -0.2) is 8.42 Å². The number of aryl methyl sites for hydroxylation is 3. The molecule has 0 spiro atoms. The minimum Gasteiger partial charge on any atom is -0.223 e. The van der Waals surface area contributed by atoms with Gasteiger partial charge in [0.25, 0.3) is 0 Å². The fourth-order valence-corrected chi connectivity index (χ4v) is 3.38. The van der Waals surface area contributed by atoms with Gasteiger partial charge in [-0.2, -0.15) is 5.10 Å². The van der Waals surface area contributed by atoms with Crippen LogP contribution in [0.5, 0.6) is 0 Å². The molecule has 0 fully saturated rings. The molecule has 0 bridgehead atoms. The van der Waals surface area contributed by atoms with E-state index in [1.165, 1.54) is 0 Å². The zero-order valence-corrected chi connectivity index (χ0v) is 13.3. The van der Waals surface area contributed by atoms with E-state index >= 15 is 0 Å². The maximum absolute atomic E-state index is 12.3. The van der Waals surface area contributed by atoms with Crippen LogP contribution in [0.15, 0.2) is 29.2 Å². The van der Waals surface area contributed by atoms with Gasteiger partial charge in [-0.15, -0.1) is 4.68 Å². The van der Waals surface area contributed by atoms with E-state index in [4.69, 9.17) is 11.6 Å². The Labute approximate surface area is 124 Å². The van der Waals surface area contributed by atoms with Crippen LogP contribution in [0.3, 0.4) is 0 Å². The summed E-state index contributed by atoms with van der Waals surface area (Å²) in [6.07, 6.45) is 0. The lowest BCUT2D eigenvalue weighted by atomic mass is 10.2. The maximum Gasteiger partial charge on any atom is 0.223 e. The number of nitrogens with one attached hydrogen (secondary N) is 1. The van der Waals surface area contributed by atoms with Crippen molar-refractivity contribution in [3.05, 3.63) is 46.2 Å². The van der Waals surface area contributed by atoms with Crippen LogP contribution in [0.4, 0.5) is 0 Å². The second-order valence-electron chi connectivity index (χ2n) is 4.92. The van der Waals surface area contributed by atoms with E-state index in [2.05, 4.69) is 5.10 Å². The summed E-state index contributed by atoms with van der Waals surface area (Å²) in [5, 5.41) is 3.72. The fourth-order valence-electron chi connectivity index (χ4n) is 2.02. The van der Waals surface area contributed by atoms with Crippen molar-refractivity contribution in [1.29, 1.82) is 0 Å². The second kappa shape index (κ2) is 5.58. The molecular weight excluding hydrogens is 296 g/mol. The summed E-state index contributed by atoms with van der Waals surface area (Å²) < 4.78 is 26.3. The number of hydrogen-bond acceptors (Lipinski definition) is 2. The second-order valence-corrected chi connectivity index (χ2v) is 7.41. The van der Waals surface area contributed by atoms with E-state index < -0.39 is 9.84 Å². The number of nitrogens with zero attached hydrogens (tertiary/aromatic N) is 1. The SMILES string of the molecule is Cc1ccc(S(=O)(=O)CC[n+]2[nH]c(C)c(Cl)c2C)cc1. The summed E-state index contributed by atoms with van der Waals surface area (Å²) in [7, 11) is -3.28. The zero-order valence-electron chi connectivity index (χ0n) is 11.8. The Hall–Kier alpha value is -1.33. The molecule has 2 aromatic rings. The average molecular weight is 314 g/mol. The van der Waals surface area contributed by atoms with Gasteiger partial charge < -0.3 is 0 Å². The molecule has 4 nitrogen and oxygen atoms in total. The van der Waals surface area contributed by atoms with Crippen molar-refractivity contribution in [3.63, 3.8) is 0 Å². The number of aromatic amines is 1. The van der Waals surface area contributed by atoms with E-state index in [1.54, 1.807) is 28.9 Å². The summed E-state index contributed by atoms with van der Waals surface area (Å²) >= 11 is 6.08. The van der Waals surface area contributed by atoms with Crippen molar-refractivity contribution in [2.45, 2.75) is 32.2 Å².